The molecule has 3 aromatic carbocycles. The summed E-state index contributed by atoms with van der Waals surface area (Å²) in [6.45, 7) is 10.0. The zero-order chi connectivity index (χ0) is 22.7. The summed E-state index contributed by atoms with van der Waals surface area (Å²) in [5.74, 6) is 0.444. The Balaban J connectivity index is 1.63. The van der Waals surface area contributed by atoms with E-state index in [1.54, 1.807) is 0 Å². The lowest BCUT2D eigenvalue weighted by Gasteiger charge is -2.32. The van der Waals surface area contributed by atoms with Crippen molar-refractivity contribution in [3.05, 3.63) is 107 Å². The smallest absolute Gasteiger partial charge is 0.254 e. The van der Waals surface area contributed by atoms with Gasteiger partial charge in [-0.25, -0.2) is 0 Å². The van der Waals surface area contributed by atoms with E-state index in [2.05, 4.69) is 87.0 Å². The highest BCUT2D eigenvalue weighted by atomic mass is 16.2. The molecule has 0 aliphatic heterocycles. The van der Waals surface area contributed by atoms with Gasteiger partial charge in [0.25, 0.3) is 5.91 Å². The maximum Gasteiger partial charge on any atom is 0.254 e. The minimum Gasteiger partial charge on any atom is -0.345 e. The topological polar surface area (TPSA) is 25.2 Å². The molecular weight excluding hydrogens is 392 g/mol. The van der Waals surface area contributed by atoms with Crippen molar-refractivity contribution in [2.24, 2.45) is 5.92 Å². The van der Waals surface area contributed by atoms with Gasteiger partial charge < -0.3 is 9.47 Å². The van der Waals surface area contributed by atoms with Gasteiger partial charge in [0, 0.05) is 30.0 Å². The molecule has 1 atom stereocenters. The highest BCUT2D eigenvalue weighted by Crippen LogP contribution is 2.22. The van der Waals surface area contributed by atoms with Crippen LogP contribution >= 0.6 is 0 Å². The third kappa shape index (κ3) is 4.77. The Labute approximate surface area is 191 Å². The number of amides is 1. The van der Waals surface area contributed by atoms with Crippen LogP contribution in [0, 0.1) is 12.8 Å². The Morgan fingerprint density at radius 2 is 1.66 bits per heavy atom. The van der Waals surface area contributed by atoms with E-state index in [1.807, 2.05) is 35.2 Å². The first kappa shape index (κ1) is 21.9. The van der Waals surface area contributed by atoms with E-state index in [0.717, 1.165) is 28.6 Å². The molecule has 0 fully saturated rings. The number of hydrogen-bond donors (Lipinski definition) is 0. The lowest BCUT2D eigenvalue weighted by atomic mass is 10.0. The zero-order valence-corrected chi connectivity index (χ0v) is 19.5. The second-order valence-corrected chi connectivity index (χ2v) is 9.10. The van der Waals surface area contributed by atoms with Crippen LogP contribution in [0.2, 0.25) is 0 Å². The van der Waals surface area contributed by atoms with E-state index < -0.39 is 0 Å². The molecule has 0 bridgehead atoms. The van der Waals surface area contributed by atoms with Gasteiger partial charge in [0.2, 0.25) is 0 Å². The van der Waals surface area contributed by atoms with E-state index in [4.69, 9.17) is 0 Å². The molecule has 3 heteroatoms. The molecule has 0 saturated heterocycles. The molecule has 0 N–H and O–H groups in total. The van der Waals surface area contributed by atoms with E-state index in [1.165, 1.54) is 11.1 Å². The molecule has 164 valence electrons. The Morgan fingerprint density at radius 3 is 2.41 bits per heavy atom. The average molecular weight is 425 g/mol. The number of carbonyl (C=O) groups is 1. The number of carbonyl (C=O) groups excluding carboxylic acids is 1. The third-order valence-corrected chi connectivity index (χ3v) is 6.40. The molecule has 0 aliphatic carbocycles. The fourth-order valence-corrected chi connectivity index (χ4v) is 4.18. The van der Waals surface area contributed by atoms with Gasteiger partial charge in [-0.05, 0) is 60.4 Å². The van der Waals surface area contributed by atoms with Gasteiger partial charge in [0.1, 0.15) is 0 Å². The highest BCUT2D eigenvalue weighted by molar-refractivity contribution is 5.98. The normalized spacial score (nSPS) is 12.3. The van der Waals surface area contributed by atoms with Crippen molar-refractivity contribution in [1.29, 1.82) is 0 Å². The first-order chi connectivity index (χ1) is 15.4. The molecule has 0 unspecified atom stereocenters. The summed E-state index contributed by atoms with van der Waals surface area (Å²) in [5.41, 5.74) is 4.42. The number of benzene rings is 3. The monoisotopic (exact) mass is 424 g/mol. The van der Waals surface area contributed by atoms with Gasteiger partial charge >= 0.3 is 0 Å². The second-order valence-electron chi connectivity index (χ2n) is 9.10. The summed E-state index contributed by atoms with van der Waals surface area (Å²) in [4.78, 5) is 15.7. The fourth-order valence-electron chi connectivity index (χ4n) is 4.18. The SMILES string of the molecule is Cc1cccc(Cn2cccc2CN(C(=O)c2ccc3ccccc3c2)[C@@H](C)C(C)C)c1. The van der Waals surface area contributed by atoms with Gasteiger partial charge in [-0.15, -0.1) is 0 Å². The highest BCUT2D eigenvalue weighted by Gasteiger charge is 2.25. The molecule has 1 amide bonds. The second kappa shape index (κ2) is 9.44. The van der Waals surface area contributed by atoms with Crippen molar-refractivity contribution in [3.63, 3.8) is 0 Å². The number of hydrogen-bond acceptors (Lipinski definition) is 1. The predicted molar refractivity (Wildman–Crippen MR) is 133 cm³/mol. The van der Waals surface area contributed by atoms with Crippen molar-refractivity contribution >= 4 is 16.7 Å². The van der Waals surface area contributed by atoms with Crippen molar-refractivity contribution in [1.82, 2.24) is 9.47 Å². The number of aromatic nitrogens is 1. The van der Waals surface area contributed by atoms with E-state index in [-0.39, 0.29) is 11.9 Å². The number of fused-ring (bicyclic) bond motifs is 1. The summed E-state index contributed by atoms with van der Waals surface area (Å²) < 4.78 is 2.25. The Hall–Kier alpha value is -3.33. The number of rotatable bonds is 7. The Morgan fingerprint density at radius 1 is 0.875 bits per heavy atom. The molecule has 0 saturated carbocycles. The van der Waals surface area contributed by atoms with Gasteiger partial charge in [0.15, 0.2) is 0 Å². The molecule has 32 heavy (non-hydrogen) atoms. The largest absolute Gasteiger partial charge is 0.345 e. The van der Waals surface area contributed by atoms with Crippen LogP contribution in [0.15, 0.2) is 85.1 Å². The standard InChI is InChI=1S/C29H32N2O/c1-21(2)23(4)31(29(32)27-15-14-25-11-5-6-12-26(25)18-27)20-28-13-8-16-30(28)19-24-10-7-9-22(3)17-24/h5-18,21,23H,19-20H2,1-4H3/t23-/m0/s1. The zero-order valence-electron chi connectivity index (χ0n) is 19.5. The van der Waals surface area contributed by atoms with Crippen molar-refractivity contribution in [2.75, 3.05) is 0 Å². The van der Waals surface area contributed by atoms with Crippen LogP contribution < -0.4 is 0 Å². The maximum atomic E-state index is 13.7. The summed E-state index contributed by atoms with van der Waals surface area (Å²) >= 11 is 0. The van der Waals surface area contributed by atoms with Crippen LogP contribution in [0.25, 0.3) is 10.8 Å². The van der Waals surface area contributed by atoms with E-state index in [9.17, 15) is 4.79 Å². The summed E-state index contributed by atoms with van der Waals surface area (Å²) in [6.07, 6.45) is 2.11. The lowest BCUT2D eigenvalue weighted by Crippen LogP contribution is -2.41. The van der Waals surface area contributed by atoms with Crippen LogP contribution in [-0.4, -0.2) is 21.4 Å². The van der Waals surface area contributed by atoms with E-state index >= 15 is 0 Å². The fraction of sp³-hybridized carbons (Fsp3) is 0.276. The molecule has 4 aromatic rings. The van der Waals surface area contributed by atoms with Crippen molar-refractivity contribution in [3.8, 4) is 0 Å². The van der Waals surface area contributed by atoms with Crippen molar-refractivity contribution < 1.29 is 4.79 Å². The van der Waals surface area contributed by atoms with Gasteiger partial charge in [-0.3, -0.25) is 4.79 Å². The number of nitrogens with zero attached hydrogens (tertiary/aromatic N) is 2. The molecular formula is C29H32N2O. The summed E-state index contributed by atoms with van der Waals surface area (Å²) in [5, 5.41) is 2.25. The molecule has 1 aromatic heterocycles. The van der Waals surface area contributed by atoms with Gasteiger partial charge in [-0.1, -0.05) is 74.0 Å². The van der Waals surface area contributed by atoms with Crippen LogP contribution in [-0.2, 0) is 13.1 Å². The van der Waals surface area contributed by atoms with Gasteiger partial charge in [-0.2, -0.15) is 0 Å². The summed E-state index contributed by atoms with van der Waals surface area (Å²) in [7, 11) is 0. The molecule has 0 spiro atoms. The first-order valence-electron chi connectivity index (χ1n) is 11.4. The van der Waals surface area contributed by atoms with Crippen molar-refractivity contribution in [2.45, 2.75) is 46.8 Å². The molecule has 4 rings (SSSR count). The van der Waals surface area contributed by atoms with E-state index in [0.29, 0.717) is 12.5 Å². The third-order valence-electron chi connectivity index (χ3n) is 6.40. The quantitative estimate of drug-likeness (QED) is 0.325. The maximum absolute atomic E-state index is 13.7. The van der Waals surface area contributed by atoms with Crippen LogP contribution in [0.4, 0.5) is 0 Å². The van der Waals surface area contributed by atoms with Crippen LogP contribution in [0.3, 0.4) is 0 Å². The molecule has 3 nitrogen and oxygen atoms in total. The van der Waals surface area contributed by atoms with Crippen LogP contribution in [0.5, 0.6) is 0 Å². The molecule has 0 aliphatic rings. The lowest BCUT2D eigenvalue weighted by molar-refractivity contribution is 0.0623. The van der Waals surface area contributed by atoms with Gasteiger partial charge in [0.05, 0.1) is 6.54 Å². The predicted octanol–water partition coefficient (Wildman–Crippen LogP) is 6.68. The minimum atomic E-state index is 0.0836. The first-order valence-corrected chi connectivity index (χ1v) is 11.4. The Kier molecular flexibility index (Phi) is 6.45. The minimum absolute atomic E-state index is 0.0836. The summed E-state index contributed by atoms with van der Waals surface area (Å²) in [6, 6.07) is 27.1. The average Bonchev–Trinajstić information content (AvgIpc) is 3.22. The number of aryl methyl sites for hydroxylation is 1. The molecule has 0 radical (unpaired) electrons. The van der Waals surface area contributed by atoms with Crippen LogP contribution in [0.1, 0.15) is 48.0 Å². The Bertz CT molecular complexity index is 1220. The molecule has 1 heterocycles.